The van der Waals surface area contributed by atoms with E-state index in [4.69, 9.17) is 0 Å². The van der Waals surface area contributed by atoms with E-state index in [1.165, 1.54) is 18.2 Å². The van der Waals surface area contributed by atoms with Gasteiger partial charge in [-0.25, -0.2) is 19.2 Å². The smallest absolute Gasteiger partial charge is 0.404 e. The van der Waals surface area contributed by atoms with Crippen LogP contribution in [-0.2, 0) is 4.74 Å². The number of ether oxygens (including phenoxy) is 1. The van der Waals surface area contributed by atoms with Gasteiger partial charge in [0.15, 0.2) is 5.82 Å². The molecule has 7 nitrogen and oxygen atoms in total. The number of amides is 1. The molecule has 2 aromatic carbocycles. The van der Waals surface area contributed by atoms with E-state index in [-0.39, 0.29) is 17.1 Å². The van der Waals surface area contributed by atoms with Crippen LogP contribution in [0.1, 0.15) is 31.7 Å². The highest BCUT2D eigenvalue weighted by molar-refractivity contribution is 5.92. The molecular formula is C23H27FN4O3. The first kappa shape index (κ1) is 22.3. The molecule has 3 N–H and O–H groups in total. The number of phenolic OH excluding ortho intramolecular Hbond substituents is 1. The molecule has 0 spiro atoms. The number of benzene rings is 2. The summed E-state index contributed by atoms with van der Waals surface area (Å²) in [6.07, 6.45) is 2.37. The number of primary amides is 1. The molecule has 3 aromatic rings. The van der Waals surface area contributed by atoms with Crippen molar-refractivity contribution >= 4 is 22.8 Å². The maximum Gasteiger partial charge on any atom is 0.404 e. The van der Waals surface area contributed by atoms with Gasteiger partial charge in [0.05, 0.1) is 17.7 Å². The minimum atomic E-state index is -0.693. The number of halogens is 1. The van der Waals surface area contributed by atoms with Gasteiger partial charge in [-0.1, -0.05) is 19.1 Å². The second-order valence-electron chi connectivity index (χ2n) is 7.39. The van der Waals surface area contributed by atoms with Crippen molar-refractivity contribution in [1.29, 1.82) is 0 Å². The predicted molar refractivity (Wildman–Crippen MR) is 119 cm³/mol. The summed E-state index contributed by atoms with van der Waals surface area (Å²) in [5, 5.41) is 11.1. The lowest BCUT2D eigenvalue weighted by Gasteiger charge is -2.19. The molecule has 1 aromatic heterocycles. The van der Waals surface area contributed by atoms with Gasteiger partial charge in [0.25, 0.3) is 0 Å². The van der Waals surface area contributed by atoms with E-state index < -0.39 is 11.9 Å². The van der Waals surface area contributed by atoms with Crippen LogP contribution >= 0.6 is 0 Å². The number of rotatable bonds is 4. The lowest BCUT2D eigenvalue weighted by Crippen LogP contribution is -2.20. The predicted octanol–water partition coefficient (Wildman–Crippen LogP) is 4.54. The molecule has 1 aliphatic heterocycles. The summed E-state index contributed by atoms with van der Waals surface area (Å²) in [6.45, 7) is 6.20. The average molecular weight is 426 g/mol. The van der Waals surface area contributed by atoms with Gasteiger partial charge in [0.1, 0.15) is 17.4 Å². The first-order chi connectivity index (χ1) is 14.9. The number of nitrogens with two attached hydrogens (primary N) is 1. The Bertz CT molecular complexity index is 1050. The maximum absolute atomic E-state index is 14.3. The molecule has 1 aliphatic rings. The molecule has 0 radical (unpaired) electrons. The summed E-state index contributed by atoms with van der Waals surface area (Å²) in [5.74, 6) is 0.379. The maximum atomic E-state index is 14.3. The number of fused-ring (bicyclic) bond motifs is 1. The number of carbonyl (C=O) groups excluding carboxylic acids is 1. The highest BCUT2D eigenvalue weighted by atomic mass is 19.1. The summed E-state index contributed by atoms with van der Waals surface area (Å²) in [5.41, 5.74) is 6.52. The Morgan fingerprint density at radius 2 is 1.97 bits per heavy atom. The molecule has 2 heterocycles. The molecule has 164 valence electrons. The molecule has 0 atom stereocenters. The quantitative estimate of drug-likeness (QED) is 0.635. The Morgan fingerprint density at radius 1 is 1.23 bits per heavy atom. The van der Waals surface area contributed by atoms with Gasteiger partial charge in [-0.2, -0.15) is 0 Å². The van der Waals surface area contributed by atoms with E-state index in [0.29, 0.717) is 6.61 Å². The third-order valence-corrected chi connectivity index (χ3v) is 4.90. The summed E-state index contributed by atoms with van der Waals surface area (Å²) in [6, 6.07) is 10.3. The molecule has 31 heavy (non-hydrogen) atoms. The second kappa shape index (κ2) is 10.1. The van der Waals surface area contributed by atoms with E-state index in [1.54, 1.807) is 0 Å². The number of aromatic hydroxyl groups is 1. The van der Waals surface area contributed by atoms with Crippen molar-refractivity contribution in [3.63, 3.8) is 0 Å². The topological polar surface area (TPSA) is 102 Å². The van der Waals surface area contributed by atoms with E-state index in [1.807, 2.05) is 32.0 Å². The molecule has 1 amide bonds. The molecule has 8 heteroatoms. The van der Waals surface area contributed by atoms with Crippen LogP contribution in [0.2, 0.25) is 0 Å². The lowest BCUT2D eigenvalue weighted by molar-refractivity contribution is 0.157. The third kappa shape index (κ3) is 5.39. The van der Waals surface area contributed by atoms with Crippen LogP contribution < -0.4 is 10.6 Å². The minimum Gasteiger partial charge on any atom is -0.507 e. The Kier molecular flexibility index (Phi) is 7.23. The third-order valence-electron chi connectivity index (χ3n) is 4.90. The Labute approximate surface area is 180 Å². The van der Waals surface area contributed by atoms with Crippen molar-refractivity contribution in [3.8, 4) is 17.1 Å². The lowest BCUT2D eigenvalue weighted by atomic mass is 10.1. The minimum absolute atomic E-state index is 0.0568. The molecule has 0 bridgehead atoms. The normalized spacial score (nSPS) is 13.1. The van der Waals surface area contributed by atoms with Crippen LogP contribution in [0.4, 0.5) is 15.0 Å². The van der Waals surface area contributed by atoms with Crippen molar-refractivity contribution in [3.05, 3.63) is 47.8 Å². The van der Waals surface area contributed by atoms with Crippen molar-refractivity contribution in [2.45, 2.75) is 33.1 Å². The fraction of sp³-hybridized carbons (Fsp3) is 0.348. The van der Waals surface area contributed by atoms with Crippen molar-refractivity contribution in [1.82, 2.24) is 9.97 Å². The Hall–Kier alpha value is -3.42. The number of nitrogens with zero attached hydrogens (tertiary/aromatic N) is 3. The van der Waals surface area contributed by atoms with Crippen LogP contribution in [0.3, 0.4) is 0 Å². The standard InChI is InChI=1S/C19H18FN3O.C4H9NO2/c1-12-7-8-13-15(11-12)21-18(17-14(20)5-4-6-16(17)24)22-19(13)23-9-2-3-10-23;1-2-3-7-4(5)6/h4-8,11,24H,2-3,9-10H2,1H3;2-3H2,1H3,(H2,5,6). The molecule has 0 unspecified atom stereocenters. The summed E-state index contributed by atoms with van der Waals surface area (Å²) < 4.78 is 18.6. The molecule has 1 saturated heterocycles. The van der Waals surface area contributed by atoms with Crippen LogP contribution in [0.5, 0.6) is 5.75 Å². The van der Waals surface area contributed by atoms with Crippen molar-refractivity contribution < 1.29 is 19.0 Å². The fourth-order valence-corrected chi connectivity index (χ4v) is 3.44. The number of hydrogen-bond acceptors (Lipinski definition) is 6. The number of anilines is 1. The van der Waals surface area contributed by atoms with Gasteiger partial charge in [-0.3, -0.25) is 0 Å². The number of hydrogen-bond donors (Lipinski definition) is 2. The second-order valence-corrected chi connectivity index (χ2v) is 7.39. The van der Waals surface area contributed by atoms with Crippen LogP contribution in [0.25, 0.3) is 22.3 Å². The highest BCUT2D eigenvalue weighted by Gasteiger charge is 2.21. The Morgan fingerprint density at radius 3 is 2.58 bits per heavy atom. The number of carbonyl (C=O) groups is 1. The molecule has 0 saturated carbocycles. The fourth-order valence-electron chi connectivity index (χ4n) is 3.44. The van der Waals surface area contributed by atoms with Gasteiger partial charge in [-0.05, 0) is 56.0 Å². The van der Waals surface area contributed by atoms with E-state index in [9.17, 15) is 14.3 Å². The molecular weight excluding hydrogens is 399 g/mol. The first-order valence-electron chi connectivity index (χ1n) is 10.3. The number of phenols is 1. The van der Waals surface area contributed by atoms with Crippen molar-refractivity contribution in [2.75, 3.05) is 24.6 Å². The highest BCUT2D eigenvalue weighted by Crippen LogP contribution is 2.34. The van der Waals surface area contributed by atoms with E-state index in [2.05, 4.69) is 25.3 Å². The zero-order chi connectivity index (χ0) is 22.4. The Balaban J connectivity index is 0.000000339. The summed E-state index contributed by atoms with van der Waals surface area (Å²) >= 11 is 0. The van der Waals surface area contributed by atoms with E-state index in [0.717, 1.165) is 54.6 Å². The molecule has 1 fully saturated rings. The zero-order valence-corrected chi connectivity index (χ0v) is 17.8. The van der Waals surface area contributed by atoms with Crippen LogP contribution in [-0.4, -0.2) is 40.9 Å². The molecule has 0 aliphatic carbocycles. The largest absolute Gasteiger partial charge is 0.507 e. The SMILES string of the molecule is CCCOC(N)=O.Cc1ccc2c(N3CCCC3)nc(-c3c(O)cccc3F)nc2c1. The number of aryl methyl sites for hydroxylation is 1. The van der Waals surface area contributed by atoms with E-state index >= 15 is 0 Å². The monoisotopic (exact) mass is 426 g/mol. The van der Waals surface area contributed by atoms with Gasteiger partial charge in [0.2, 0.25) is 0 Å². The van der Waals surface area contributed by atoms with Crippen LogP contribution in [0.15, 0.2) is 36.4 Å². The summed E-state index contributed by atoms with van der Waals surface area (Å²) in [7, 11) is 0. The van der Waals surface area contributed by atoms with Gasteiger partial charge in [-0.15, -0.1) is 0 Å². The van der Waals surface area contributed by atoms with Crippen molar-refractivity contribution in [2.24, 2.45) is 5.73 Å². The first-order valence-corrected chi connectivity index (χ1v) is 10.3. The zero-order valence-electron chi connectivity index (χ0n) is 17.8. The summed E-state index contributed by atoms with van der Waals surface area (Å²) in [4.78, 5) is 21.1. The van der Waals surface area contributed by atoms with Gasteiger partial charge >= 0.3 is 6.09 Å². The number of aromatic nitrogens is 2. The van der Waals surface area contributed by atoms with Gasteiger partial charge < -0.3 is 20.5 Å². The molecule has 4 rings (SSSR count). The van der Waals surface area contributed by atoms with Crippen LogP contribution in [0, 0.1) is 12.7 Å². The van der Waals surface area contributed by atoms with Gasteiger partial charge in [0, 0.05) is 18.5 Å². The average Bonchev–Trinajstić information content (AvgIpc) is 3.26.